The molecule has 7 nitrogen and oxygen atoms in total. The van der Waals surface area contributed by atoms with E-state index in [4.69, 9.17) is 0 Å². The second kappa shape index (κ2) is 9.86. The van der Waals surface area contributed by atoms with Gasteiger partial charge in [-0.1, -0.05) is 48.5 Å². The number of hydrogen-bond donors (Lipinski definition) is 0. The highest BCUT2D eigenvalue weighted by Gasteiger charge is 2.24. The Kier molecular flexibility index (Phi) is 6.49. The number of carbonyl (C=O) groups is 1. The zero-order valence-electron chi connectivity index (χ0n) is 20.4. The molecule has 0 spiro atoms. The number of amides is 1. The standard InChI is InChI=1S/C28H31N5O2/c1-20-26-27(33(30-20)23-11-7-4-8-12-23)31(2)28(35)24(29-26)13-14-25(34)32-17-15-22(16-18-32)19-21-9-5-3-6-10-21/h3-12,22H,13-19H2,1-2H3. The highest BCUT2D eigenvalue weighted by Crippen LogP contribution is 2.23. The van der Waals surface area contributed by atoms with Crippen molar-refractivity contribution >= 4 is 17.1 Å². The van der Waals surface area contributed by atoms with E-state index in [2.05, 4.69) is 34.3 Å². The Hall–Kier alpha value is -3.74. The molecule has 0 unspecified atom stereocenters. The van der Waals surface area contributed by atoms with Gasteiger partial charge in [-0.2, -0.15) is 5.10 Å². The van der Waals surface area contributed by atoms with Crippen LogP contribution in [0.3, 0.4) is 0 Å². The highest BCUT2D eigenvalue weighted by atomic mass is 16.2. The van der Waals surface area contributed by atoms with Crippen molar-refractivity contribution in [2.24, 2.45) is 13.0 Å². The average molecular weight is 470 g/mol. The van der Waals surface area contributed by atoms with Crippen LogP contribution in [-0.4, -0.2) is 43.2 Å². The van der Waals surface area contributed by atoms with E-state index in [1.807, 2.05) is 48.2 Å². The number of nitrogens with zero attached hydrogens (tertiary/aromatic N) is 5. The van der Waals surface area contributed by atoms with Crippen LogP contribution in [0.2, 0.25) is 0 Å². The summed E-state index contributed by atoms with van der Waals surface area (Å²) in [7, 11) is 1.75. The van der Waals surface area contributed by atoms with Gasteiger partial charge in [-0.3, -0.25) is 14.2 Å². The molecule has 4 aromatic rings. The van der Waals surface area contributed by atoms with Crippen molar-refractivity contribution in [3.63, 3.8) is 0 Å². The fourth-order valence-electron chi connectivity index (χ4n) is 5.04. The van der Waals surface area contributed by atoms with Gasteiger partial charge in [-0.05, 0) is 49.8 Å². The van der Waals surface area contributed by atoms with Gasteiger partial charge in [0.1, 0.15) is 11.2 Å². The predicted molar refractivity (Wildman–Crippen MR) is 137 cm³/mol. The number of carbonyl (C=O) groups excluding carboxylic acids is 1. The van der Waals surface area contributed by atoms with Crippen molar-refractivity contribution in [2.75, 3.05) is 13.1 Å². The van der Waals surface area contributed by atoms with Crippen molar-refractivity contribution in [3.05, 3.63) is 88.0 Å². The van der Waals surface area contributed by atoms with E-state index in [1.54, 1.807) is 16.3 Å². The number of likely N-dealkylation sites (tertiary alicyclic amines) is 1. The number of rotatable bonds is 6. The number of aryl methyl sites for hydroxylation is 3. The van der Waals surface area contributed by atoms with Crippen LogP contribution in [-0.2, 0) is 24.7 Å². The molecule has 0 atom stereocenters. The monoisotopic (exact) mass is 469 g/mol. The van der Waals surface area contributed by atoms with E-state index >= 15 is 0 Å². The first-order valence-corrected chi connectivity index (χ1v) is 12.3. The van der Waals surface area contributed by atoms with Crippen LogP contribution in [0.15, 0.2) is 65.5 Å². The van der Waals surface area contributed by atoms with Crippen LogP contribution >= 0.6 is 0 Å². The average Bonchev–Trinajstić information content (AvgIpc) is 3.23. The van der Waals surface area contributed by atoms with Crippen LogP contribution in [0.25, 0.3) is 16.9 Å². The fourth-order valence-corrected chi connectivity index (χ4v) is 5.04. The van der Waals surface area contributed by atoms with Gasteiger partial charge in [0.2, 0.25) is 5.91 Å². The molecule has 7 heteroatoms. The Morgan fingerprint density at radius 1 is 1.00 bits per heavy atom. The van der Waals surface area contributed by atoms with Gasteiger partial charge in [0, 0.05) is 33.0 Å². The minimum atomic E-state index is -0.177. The maximum atomic E-state index is 13.1. The van der Waals surface area contributed by atoms with Crippen LogP contribution in [0.1, 0.15) is 36.2 Å². The highest BCUT2D eigenvalue weighted by molar-refractivity contribution is 5.77. The summed E-state index contributed by atoms with van der Waals surface area (Å²) in [4.78, 5) is 32.7. The third kappa shape index (κ3) is 4.76. The molecule has 180 valence electrons. The molecule has 5 rings (SSSR count). The van der Waals surface area contributed by atoms with E-state index in [0.717, 1.165) is 43.7 Å². The minimum Gasteiger partial charge on any atom is -0.343 e. The van der Waals surface area contributed by atoms with Gasteiger partial charge in [0.15, 0.2) is 5.65 Å². The van der Waals surface area contributed by atoms with Gasteiger partial charge in [-0.25, -0.2) is 9.67 Å². The lowest BCUT2D eigenvalue weighted by atomic mass is 9.90. The predicted octanol–water partition coefficient (Wildman–Crippen LogP) is 3.84. The van der Waals surface area contributed by atoms with Crippen molar-refractivity contribution in [1.29, 1.82) is 0 Å². The Bertz CT molecular complexity index is 1380. The van der Waals surface area contributed by atoms with Gasteiger partial charge in [-0.15, -0.1) is 0 Å². The van der Waals surface area contributed by atoms with Gasteiger partial charge < -0.3 is 4.90 Å². The summed E-state index contributed by atoms with van der Waals surface area (Å²) in [6.45, 7) is 3.46. The first-order valence-electron chi connectivity index (χ1n) is 12.3. The first-order chi connectivity index (χ1) is 17.0. The van der Waals surface area contributed by atoms with E-state index in [-0.39, 0.29) is 11.5 Å². The summed E-state index contributed by atoms with van der Waals surface area (Å²) < 4.78 is 3.36. The molecule has 0 aliphatic carbocycles. The normalized spacial score (nSPS) is 14.5. The maximum Gasteiger partial charge on any atom is 0.273 e. The summed E-state index contributed by atoms with van der Waals surface area (Å²) in [5.74, 6) is 0.714. The second-order valence-electron chi connectivity index (χ2n) is 9.44. The summed E-state index contributed by atoms with van der Waals surface area (Å²) in [5, 5.41) is 4.63. The van der Waals surface area contributed by atoms with Crippen molar-refractivity contribution in [2.45, 2.75) is 39.0 Å². The van der Waals surface area contributed by atoms with E-state index in [9.17, 15) is 9.59 Å². The van der Waals surface area contributed by atoms with Gasteiger partial charge in [0.25, 0.3) is 5.56 Å². The molecule has 0 bridgehead atoms. The second-order valence-corrected chi connectivity index (χ2v) is 9.44. The zero-order chi connectivity index (χ0) is 24.4. The molecule has 1 saturated heterocycles. The summed E-state index contributed by atoms with van der Waals surface area (Å²) in [6.07, 6.45) is 3.73. The quantitative estimate of drug-likeness (QED) is 0.430. The topological polar surface area (TPSA) is 73.0 Å². The number of piperidine rings is 1. The molecule has 1 aliphatic rings. The van der Waals surface area contributed by atoms with E-state index in [1.165, 1.54) is 5.56 Å². The SMILES string of the molecule is Cc1nn(-c2ccccc2)c2c1nc(CCC(=O)N1CCC(Cc3ccccc3)CC1)c(=O)n2C. The van der Waals surface area contributed by atoms with Crippen LogP contribution < -0.4 is 5.56 Å². The van der Waals surface area contributed by atoms with Crippen LogP contribution in [0, 0.1) is 12.8 Å². The lowest BCUT2D eigenvalue weighted by molar-refractivity contribution is -0.132. The number of benzene rings is 2. The van der Waals surface area contributed by atoms with Crippen LogP contribution in [0.5, 0.6) is 0 Å². The Morgan fingerprint density at radius 2 is 1.66 bits per heavy atom. The zero-order valence-corrected chi connectivity index (χ0v) is 20.4. The molecule has 2 aromatic heterocycles. The lowest BCUT2D eigenvalue weighted by Crippen LogP contribution is -2.39. The number of aromatic nitrogens is 4. The summed E-state index contributed by atoms with van der Waals surface area (Å²) >= 11 is 0. The molecule has 1 aliphatic heterocycles. The molecule has 1 amide bonds. The van der Waals surface area contributed by atoms with E-state index in [0.29, 0.717) is 35.6 Å². The van der Waals surface area contributed by atoms with Gasteiger partial charge in [0.05, 0.1) is 11.4 Å². The molecular weight excluding hydrogens is 438 g/mol. The van der Waals surface area contributed by atoms with Crippen molar-refractivity contribution in [3.8, 4) is 5.69 Å². The van der Waals surface area contributed by atoms with Gasteiger partial charge >= 0.3 is 0 Å². The van der Waals surface area contributed by atoms with Crippen LogP contribution in [0.4, 0.5) is 0 Å². The largest absolute Gasteiger partial charge is 0.343 e. The Balaban J connectivity index is 1.26. The smallest absolute Gasteiger partial charge is 0.273 e. The van der Waals surface area contributed by atoms with E-state index < -0.39 is 0 Å². The maximum absolute atomic E-state index is 13.1. The number of para-hydroxylation sites is 1. The molecular formula is C28H31N5O2. The Labute approximate surface area is 205 Å². The molecule has 3 heterocycles. The summed E-state index contributed by atoms with van der Waals surface area (Å²) in [5.41, 5.74) is 4.59. The third-order valence-corrected chi connectivity index (χ3v) is 7.03. The molecule has 0 N–H and O–H groups in total. The third-order valence-electron chi connectivity index (χ3n) is 7.03. The molecule has 35 heavy (non-hydrogen) atoms. The Morgan fingerprint density at radius 3 is 2.34 bits per heavy atom. The molecule has 0 saturated carbocycles. The minimum absolute atomic E-state index is 0.101. The molecule has 0 radical (unpaired) electrons. The number of hydrogen-bond acceptors (Lipinski definition) is 4. The molecule has 2 aromatic carbocycles. The fraction of sp³-hybridized carbons (Fsp3) is 0.357. The summed E-state index contributed by atoms with van der Waals surface area (Å²) in [6, 6.07) is 20.3. The van der Waals surface area contributed by atoms with Crippen molar-refractivity contribution in [1.82, 2.24) is 24.2 Å². The lowest BCUT2D eigenvalue weighted by Gasteiger charge is -2.32. The van der Waals surface area contributed by atoms with Crippen molar-refractivity contribution < 1.29 is 4.79 Å². The first kappa shape index (κ1) is 23.0. The molecule has 1 fully saturated rings. The number of fused-ring (bicyclic) bond motifs is 1.